The maximum Gasteiger partial charge on any atom is 0.325 e. The number of hydrogen-bond donors (Lipinski definition) is 0. The van der Waals surface area contributed by atoms with E-state index in [1.54, 1.807) is 26.0 Å². The van der Waals surface area contributed by atoms with E-state index in [0.717, 1.165) is 17.7 Å². The fourth-order valence-corrected chi connectivity index (χ4v) is 6.12. The Morgan fingerprint density at radius 1 is 0.933 bits per heavy atom. The number of ether oxygens (including phenoxy) is 2. The molecule has 6 nitrogen and oxygen atoms in total. The van der Waals surface area contributed by atoms with E-state index in [0.29, 0.717) is 5.56 Å². The second-order valence-electron chi connectivity index (χ2n) is 7.12. The lowest BCUT2D eigenvalue weighted by Gasteiger charge is -2.15. The van der Waals surface area contributed by atoms with Crippen LogP contribution >= 0.6 is 0 Å². The molecule has 1 aliphatic rings. The molecule has 0 aromatic heterocycles. The van der Waals surface area contributed by atoms with Crippen LogP contribution in [-0.4, -0.2) is 38.8 Å². The summed E-state index contributed by atoms with van der Waals surface area (Å²) in [6, 6.07) is 11.2. The van der Waals surface area contributed by atoms with Crippen LogP contribution in [0.3, 0.4) is 0 Å². The van der Waals surface area contributed by atoms with Gasteiger partial charge in [0.15, 0.2) is 15.3 Å². The average molecular weight is 434 g/mol. The summed E-state index contributed by atoms with van der Waals surface area (Å²) in [5.41, 5.74) is -0.840. The molecule has 0 saturated heterocycles. The van der Waals surface area contributed by atoms with Crippen molar-refractivity contribution >= 4 is 21.8 Å². The molecule has 0 amide bonds. The van der Waals surface area contributed by atoms with E-state index < -0.39 is 44.2 Å². The van der Waals surface area contributed by atoms with Crippen molar-refractivity contribution in [3.8, 4) is 0 Å². The Hall–Kier alpha value is -2.74. The summed E-state index contributed by atoms with van der Waals surface area (Å²) in [6.07, 6.45) is 0. The summed E-state index contributed by atoms with van der Waals surface area (Å²) in [4.78, 5) is 25.9. The third-order valence-corrected chi connectivity index (χ3v) is 7.51. The van der Waals surface area contributed by atoms with E-state index in [4.69, 9.17) is 9.47 Å². The summed E-state index contributed by atoms with van der Waals surface area (Å²) < 4.78 is 50.7. The van der Waals surface area contributed by atoms with Crippen molar-refractivity contribution in [3.05, 3.63) is 65.5 Å². The van der Waals surface area contributed by atoms with E-state index in [9.17, 15) is 22.4 Å². The second-order valence-corrected chi connectivity index (χ2v) is 9.19. The number of halogens is 1. The van der Waals surface area contributed by atoms with Crippen molar-refractivity contribution in [3.63, 3.8) is 0 Å². The van der Waals surface area contributed by atoms with Gasteiger partial charge < -0.3 is 9.47 Å². The normalized spacial score (nSPS) is 19.7. The molecule has 160 valence electrons. The molecule has 2 atom stereocenters. The largest absolute Gasteiger partial charge is 0.465 e. The number of hydrogen-bond acceptors (Lipinski definition) is 6. The molecule has 0 radical (unpaired) electrons. The first-order valence-corrected chi connectivity index (χ1v) is 11.2. The summed E-state index contributed by atoms with van der Waals surface area (Å²) in [5.74, 6) is -3.49. The monoisotopic (exact) mass is 434 g/mol. The zero-order valence-corrected chi connectivity index (χ0v) is 17.7. The first kappa shape index (κ1) is 22.0. The Labute approximate surface area is 174 Å². The van der Waals surface area contributed by atoms with Gasteiger partial charge in [0, 0.05) is 5.92 Å². The van der Waals surface area contributed by atoms with Crippen molar-refractivity contribution in [1.82, 2.24) is 0 Å². The molecular weight excluding hydrogens is 411 g/mol. The maximum atomic E-state index is 13.5. The van der Waals surface area contributed by atoms with E-state index in [-0.39, 0.29) is 18.1 Å². The van der Waals surface area contributed by atoms with Gasteiger partial charge >= 0.3 is 11.9 Å². The quantitative estimate of drug-likeness (QED) is 0.491. The first-order chi connectivity index (χ1) is 14.2. The number of sulfone groups is 1. The van der Waals surface area contributed by atoms with Gasteiger partial charge in [0.1, 0.15) is 11.1 Å². The summed E-state index contributed by atoms with van der Waals surface area (Å²) in [6.45, 7) is 4.88. The third-order valence-electron chi connectivity index (χ3n) is 5.27. The molecule has 30 heavy (non-hydrogen) atoms. The van der Waals surface area contributed by atoms with Crippen LogP contribution in [0.1, 0.15) is 30.9 Å². The van der Waals surface area contributed by atoms with Gasteiger partial charge in [0.2, 0.25) is 0 Å². The van der Waals surface area contributed by atoms with Gasteiger partial charge in [0.05, 0.1) is 18.1 Å². The smallest absolute Gasteiger partial charge is 0.325 e. The molecule has 0 N–H and O–H groups in total. The number of aryl methyl sites for hydroxylation is 1. The second kappa shape index (κ2) is 8.18. The predicted octanol–water partition coefficient (Wildman–Crippen LogP) is 3.19. The molecule has 0 aliphatic heterocycles. The minimum Gasteiger partial charge on any atom is -0.465 e. The summed E-state index contributed by atoms with van der Waals surface area (Å²) in [5, 5.41) is -1.42. The molecule has 1 aliphatic carbocycles. The van der Waals surface area contributed by atoms with Gasteiger partial charge in [-0.2, -0.15) is 0 Å². The molecule has 2 aromatic rings. The first-order valence-electron chi connectivity index (χ1n) is 9.61. The van der Waals surface area contributed by atoms with Crippen LogP contribution in [0.4, 0.5) is 4.39 Å². The summed E-state index contributed by atoms with van der Waals surface area (Å²) in [7, 11) is -4.12. The minimum absolute atomic E-state index is 0.0133. The molecule has 8 heteroatoms. The molecule has 2 aromatic carbocycles. The molecule has 0 bridgehead atoms. The van der Waals surface area contributed by atoms with Crippen LogP contribution < -0.4 is 0 Å². The highest BCUT2D eigenvalue weighted by atomic mass is 32.2. The lowest BCUT2D eigenvalue weighted by Crippen LogP contribution is -2.35. The van der Waals surface area contributed by atoms with Crippen LogP contribution in [-0.2, 0) is 28.9 Å². The highest BCUT2D eigenvalue weighted by molar-refractivity contribution is 7.92. The Bertz CT molecular complexity index is 1030. The van der Waals surface area contributed by atoms with Crippen molar-refractivity contribution in [2.24, 2.45) is 5.41 Å². The molecule has 0 heterocycles. The van der Waals surface area contributed by atoms with Crippen LogP contribution in [0.25, 0.3) is 0 Å². The predicted molar refractivity (Wildman–Crippen MR) is 107 cm³/mol. The lowest BCUT2D eigenvalue weighted by atomic mass is 9.99. The van der Waals surface area contributed by atoms with Crippen LogP contribution in [0.15, 0.2) is 53.4 Å². The zero-order chi connectivity index (χ0) is 22.1. The van der Waals surface area contributed by atoms with Crippen molar-refractivity contribution in [2.45, 2.75) is 36.8 Å². The van der Waals surface area contributed by atoms with E-state index in [2.05, 4.69) is 0 Å². The van der Waals surface area contributed by atoms with Gasteiger partial charge in [-0.25, -0.2) is 12.8 Å². The minimum atomic E-state index is -4.12. The van der Waals surface area contributed by atoms with Crippen LogP contribution in [0.2, 0.25) is 0 Å². The average Bonchev–Trinajstić information content (AvgIpc) is 3.42. The number of rotatable bonds is 7. The summed E-state index contributed by atoms with van der Waals surface area (Å²) >= 11 is 0. The number of benzene rings is 2. The standard InChI is InChI=1S/C22H23FO6S/c1-4-28-20(24)22(21(25)29-5-2)18(15-8-10-16(23)11-9-15)19(22)30(26,27)17-12-6-14(3)7-13-17/h6-13,18-19H,4-5H2,1-3H3. The topological polar surface area (TPSA) is 86.7 Å². The molecule has 1 fully saturated rings. The Kier molecular flexibility index (Phi) is 5.99. The lowest BCUT2D eigenvalue weighted by molar-refractivity contribution is -0.164. The Balaban J connectivity index is 2.19. The third kappa shape index (κ3) is 3.49. The maximum absolute atomic E-state index is 13.5. The zero-order valence-electron chi connectivity index (χ0n) is 16.9. The number of esters is 2. The molecule has 0 spiro atoms. The van der Waals surface area contributed by atoms with Crippen molar-refractivity contribution < 1.29 is 31.9 Å². The molecule has 3 rings (SSSR count). The molecule has 2 unspecified atom stereocenters. The fourth-order valence-electron chi connectivity index (χ4n) is 3.83. The highest BCUT2D eigenvalue weighted by Crippen LogP contribution is 2.65. The SMILES string of the molecule is CCOC(=O)C1(C(=O)OCC)C(c2ccc(F)cc2)C1S(=O)(=O)c1ccc(C)cc1. The molecule has 1 saturated carbocycles. The Morgan fingerprint density at radius 2 is 1.43 bits per heavy atom. The molecular formula is C22H23FO6S. The number of carbonyl (C=O) groups excluding carboxylic acids is 2. The van der Waals surface area contributed by atoms with Gasteiger partial charge in [-0.15, -0.1) is 0 Å². The van der Waals surface area contributed by atoms with Gasteiger partial charge in [-0.3, -0.25) is 9.59 Å². The van der Waals surface area contributed by atoms with Crippen molar-refractivity contribution in [2.75, 3.05) is 13.2 Å². The van der Waals surface area contributed by atoms with Gasteiger partial charge in [0.25, 0.3) is 0 Å². The highest BCUT2D eigenvalue weighted by Gasteiger charge is 2.81. The Morgan fingerprint density at radius 3 is 1.90 bits per heavy atom. The van der Waals surface area contributed by atoms with Gasteiger partial charge in [-0.1, -0.05) is 29.8 Å². The van der Waals surface area contributed by atoms with Gasteiger partial charge in [-0.05, 0) is 50.6 Å². The van der Waals surface area contributed by atoms with E-state index in [1.165, 1.54) is 24.3 Å². The van der Waals surface area contributed by atoms with E-state index >= 15 is 0 Å². The van der Waals surface area contributed by atoms with Crippen molar-refractivity contribution in [1.29, 1.82) is 0 Å². The number of carbonyl (C=O) groups is 2. The van der Waals surface area contributed by atoms with Crippen LogP contribution in [0.5, 0.6) is 0 Å². The fraction of sp³-hybridized carbons (Fsp3) is 0.364. The van der Waals surface area contributed by atoms with Crippen LogP contribution in [0, 0.1) is 18.2 Å². The van der Waals surface area contributed by atoms with E-state index in [1.807, 2.05) is 6.92 Å².